The van der Waals surface area contributed by atoms with Crippen molar-refractivity contribution in [3.63, 3.8) is 0 Å². The maximum atomic E-state index is 12.7. The number of carboxylic acid groups (broad SMARTS) is 1. The van der Waals surface area contributed by atoms with Crippen LogP contribution in [0.25, 0.3) is 0 Å². The van der Waals surface area contributed by atoms with E-state index in [-0.39, 0.29) is 23.7 Å². The smallest absolute Gasteiger partial charge is 0.306 e. The Morgan fingerprint density at radius 1 is 0.971 bits per heavy atom. The van der Waals surface area contributed by atoms with E-state index in [0.717, 1.165) is 18.4 Å². The molecule has 0 unspecified atom stereocenters. The highest BCUT2D eigenvalue weighted by molar-refractivity contribution is 5.97. The van der Waals surface area contributed by atoms with E-state index in [2.05, 4.69) is 5.32 Å². The Bertz CT molecular complexity index is 1030. The van der Waals surface area contributed by atoms with Crippen molar-refractivity contribution < 1.29 is 24.2 Å². The van der Waals surface area contributed by atoms with E-state index < -0.39 is 5.97 Å². The lowest BCUT2D eigenvalue weighted by atomic mass is 9.87. The monoisotopic (exact) mass is 463 g/mol. The zero-order valence-corrected chi connectivity index (χ0v) is 19.7. The summed E-state index contributed by atoms with van der Waals surface area (Å²) in [5, 5.41) is 12.0. The third-order valence-corrected chi connectivity index (χ3v) is 6.91. The molecule has 1 amide bonds. The molecular formula is C28H33NO5. The zero-order valence-electron chi connectivity index (χ0n) is 19.7. The minimum absolute atomic E-state index is 0.0186. The lowest BCUT2D eigenvalue weighted by molar-refractivity contribution is -0.143. The van der Waals surface area contributed by atoms with Crippen molar-refractivity contribution in [3.05, 3.63) is 64.7 Å². The second-order valence-electron chi connectivity index (χ2n) is 9.59. The van der Waals surface area contributed by atoms with Gasteiger partial charge in [0, 0.05) is 24.1 Å². The van der Waals surface area contributed by atoms with E-state index in [0.29, 0.717) is 55.0 Å². The topological polar surface area (TPSA) is 92.7 Å². The summed E-state index contributed by atoms with van der Waals surface area (Å²) in [5.74, 6) is 0.344. The molecule has 2 aromatic carbocycles. The Morgan fingerprint density at radius 2 is 1.68 bits per heavy atom. The summed E-state index contributed by atoms with van der Waals surface area (Å²) in [5.41, 5.74) is 3.49. The van der Waals surface area contributed by atoms with E-state index in [9.17, 15) is 14.4 Å². The number of nitrogens with one attached hydrogen (secondary N) is 1. The number of carbonyl (C=O) groups excluding carboxylic acids is 2. The molecule has 34 heavy (non-hydrogen) atoms. The number of hydrogen-bond donors (Lipinski definition) is 2. The summed E-state index contributed by atoms with van der Waals surface area (Å²) in [4.78, 5) is 36.1. The van der Waals surface area contributed by atoms with Crippen molar-refractivity contribution in [3.8, 4) is 5.75 Å². The molecule has 2 aromatic rings. The molecule has 0 heterocycles. The van der Waals surface area contributed by atoms with Crippen LogP contribution in [-0.4, -0.2) is 35.4 Å². The second kappa shape index (κ2) is 10.9. The fraction of sp³-hybridized carbons (Fsp3) is 0.464. The van der Waals surface area contributed by atoms with Gasteiger partial charge in [0.25, 0.3) is 5.91 Å². The molecule has 2 aliphatic carbocycles. The number of ether oxygens (including phenoxy) is 1. The van der Waals surface area contributed by atoms with Gasteiger partial charge in [-0.1, -0.05) is 12.1 Å². The van der Waals surface area contributed by atoms with Crippen molar-refractivity contribution in [1.29, 1.82) is 0 Å². The number of ketones is 1. The molecule has 0 saturated heterocycles. The van der Waals surface area contributed by atoms with Gasteiger partial charge in [-0.25, -0.2) is 0 Å². The van der Waals surface area contributed by atoms with Crippen LogP contribution in [0.5, 0.6) is 5.75 Å². The minimum atomic E-state index is -0.723. The van der Waals surface area contributed by atoms with Crippen LogP contribution in [0, 0.1) is 12.8 Å². The van der Waals surface area contributed by atoms with Crippen LogP contribution >= 0.6 is 0 Å². The number of carboxylic acids is 1. The lowest BCUT2D eigenvalue weighted by Crippen LogP contribution is -2.27. The van der Waals surface area contributed by atoms with Gasteiger partial charge in [-0.2, -0.15) is 0 Å². The van der Waals surface area contributed by atoms with Gasteiger partial charge in [-0.15, -0.1) is 0 Å². The van der Waals surface area contributed by atoms with Crippen molar-refractivity contribution in [1.82, 2.24) is 5.32 Å². The number of carbonyl (C=O) groups is 3. The van der Waals surface area contributed by atoms with Crippen LogP contribution < -0.4 is 10.1 Å². The number of hydrogen-bond acceptors (Lipinski definition) is 4. The van der Waals surface area contributed by atoms with Crippen molar-refractivity contribution in [2.24, 2.45) is 5.92 Å². The summed E-state index contributed by atoms with van der Waals surface area (Å²) in [6.45, 7) is 2.35. The standard InChI is InChI=1S/C28H33NO5/c1-18-17-24(34-23-12-10-22(11-13-23)28(32)33)14-15-25(18)26(30)3-2-16-29-27(31)21-8-6-20(7-9-21)19-4-5-19/h6-9,14-15,17,19,22-23H,2-5,10-13,16H2,1H3,(H,29,31)(H,32,33). The Labute approximate surface area is 200 Å². The predicted molar refractivity (Wildman–Crippen MR) is 130 cm³/mol. The third-order valence-electron chi connectivity index (χ3n) is 6.91. The molecule has 180 valence electrons. The molecule has 2 N–H and O–H groups in total. The molecule has 6 nitrogen and oxygen atoms in total. The first-order valence-electron chi connectivity index (χ1n) is 12.3. The first kappa shape index (κ1) is 24.0. The fourth-order valence-corrected chi connectivity index (χ4v) is 4.65. The summed E-state index contributed by atoms with van der Waals surface area (Å²) in [7, 11) is 0. The van der Waals surface area contributed by atoms with Gasteiger partial charge in [-0.3, -0.25) is 14.4 Å². The Balaban J connectivity index is 1.20. The van der Waals surface area contributed by atoms with E-state index in [1.165, 1.54) is 18.4 Å². The Hall–Kier alpha value is -3.15. The molecule has 0 spiro atoms. The van der Waals surface area contributed by atoms with Gasteiger partial charge in [0.1, 0.15) is 5.75 Å². The number of rotatable bonds is 10. The van der Waals surface area contributed by atoms with Crippen LogP contribution in [-0.2, 0) is 4.79 Å². The molecule has 6 heteroatoms. The van der Waals surface area contributed by atoms with Gasteiger partial charge >= 0.3 is 5.97 Å². The molecule has 2 fully saturated rings. The van der Waals surface area contributed by atoms with Gasteiger partial charge in [0.2, 0.25) is 0 Å². The van der Waals surface area contributed by atoms with Crippen LogP contribution in [0.15, 0.2) is 42.5 Å². The van der Waals surface area contributed by atoms with E-state index >= 15 is 0 Å². The van der Waals surface area contributed by atoms with E-state index in [4.69, 9.17) is 9.84 Å². The molecule has 2 saturated carbocycles. The molecule has 0 aliphatic heterocycles. The molecular weight excluding hydrogens is 430 g/mol. The molecule has 0 atom stereocenters. The van der Waals surface area contributed by atoms with Gasteiger partial charge in [-0.05, 0) is 99.2 Å². The Morgan fingerprint density at radius 3 is 2.29 bits per heavy atom. The number of amides is 1. The second-order valence-corrected chi connectivity index (χ2v) is 9.59. The highest BCUT2D eigenvalue weighted by Gasteiger charge is 2.27. The first-order valence-corrected chi connectivity index (χ1v) is 12.3. The van der Waals surface area contributed by atoms with Crippen LogP contribution in [0.1, 0.15) is 89.1 Å². The number of aliphatic carboxylic acids is 1. The van der Waals surface area contributed by atoms with Crippen LogP contribution in [0.2, 0.25) is 0 Å². The average Bonchev–Trinajstić information content (AvgIpc) is 3.68. The number of aryl methyl sites for hydroxylation is 1. The molecule has 4 rings (SSSR count). The zero-order chi connectivity index (χ0) is 24.1. The maximum absolute atomic E-state index is 12.7. The normalized spacial score (nSPS) is 19.9. The Kier molecular flexibility index (Phi) is 7.66. The van der Waals surface area contributed by atoms with Gasteiger partial charge < -0.3 is 15.2 Å². The van der Waals surface area contributed by atoms with Crippen molar-refractivity contribution >= 4 is 17.7 Å². The van der Waals surface area contributed by atoms with E-state index in [1.54, 1.807) is 6.07 Å². The first-order chi connectivity index (χ1) is 16.4. The fourth-order valence-electron chi connectivity index (χ4n) is 4.65. The van der Waals surface area contributed by atoms with Crippen LogP contribution in [0.3, 0.4) is 0 Å². The molecule has 0 radical (unpaired) electrons. The average molecular weight is 464 g/mol. The molecule has 0 aromatic heterocycles. The summed E-state index contributed by atoms with van der Waals surface area (Å²) in [6, 6.07) is 13.3. The third kappa shape index (κ3) is 6.25. The predicted octanol–water partition coefficient (Wildman–Crippen LogP) is 5.29. The largest absolute Gasteiger partial charge is 0.490 e. The molecule has 2 aliphatic rings. The minimum Gasteiger partial charge on any atom is -0.490 e. The van der Waals surface area contributed by atoms with Crippen LogP contribution in [0.4, 0.5) is 0 Å². The molecule has 0 bridgehead atoms. The lowest BCUT2D eigenvalue weighted by Gasteiger charge is -2.27. The summed E-state index contributed by atoms with van der Waals surface area (Å²) in [6.07, 6.45) is 6.17. The van der Waals surface area contributed by atoms with E-state index in [1.807, 2.05) is 43.3 Å². The van der Waals surface area contributed by atoms with Crippen molar-refractivity contribution in [2.75, 3.05) is 6.54 Å². The quantitative estimate of drug-likeness (QED) is 0.369. The maximum Gasteiger partial charge on any atom is 0.306 e. The van der Waals surface area contributed by atoms with Gasteiger partial charge in [0.05, 0.1) is 12.0 Å². The highest BCUT2D eigenvalue weighted by atomic mass is 16.5. The van der Waals surface area contributed by atoms with Crippen molar-refractivity contribution in [2.45, 2.75) is 70.3 Å². The number of Topliss-reactive ketones (excluding diaryl/α,β-unsaturated/α-hetero) is 1. The summed E-state index contributed by atoms with van der Waals surface area (Å²) >= 11 is 0. The van der Waals surface area contributed by atoms with Gasteiger partial charge in [0.15, 0.2) is 5.78 Å². The highest BCUT2D eigenvalue weighted by Crippen LogP contribution is 2.39. The number of benzene rings is 2. The summed E-state index contributed by atoms with van der Waals surface area (Å²) < 4.78 is 6.04. The SMILES string of the molecule is Cc1cc(OC2CCC(C(=O)O)CC2)ccc1C(=O)CCCNC(=O)c1ccc(C2CC2)cc1.